The lowest BCUT2D eigenvalue weighted by Gasteiger charge is -2.10. The molecule has 1 aromatic heterocycles. The van der Waals surface area contributed by atoms with Gasteiger partial charge in [0.15, 0.2) is 0 Å². The second-order valence-corrected chi connectivity index (χ2v) is 3.70. The molecule has 1 heterocycles. The van der Waals surface area contributed by atoms with Crippen LogP contribution in [0.1, 0.15) is 31.9 Å². The topological polar surface area (TPSA) is 40.2 Å². The van der Waals surface area contributed by atoms with E-state index in [0.29, 0.717) is 0 Å². The molecule has 0 aliphatic rings. The minimum atomic E-state index is 0.161. The average Bonchev–Trinajstić information content (AvgIpc) is 2.65. The van der Waals surface area contributed by atoms with Crippen LogP contribution in [0.2, 0.25) is 0 Å². The van der Waals surface area contributed by atoms with E-state index in [1.54, 1.807) is 7.11 Å². The third kappa shape index (κ3) is 2.86. The van der Waals surface area contributed by atoms with E-state index >= 15 is 0 Å². The monoisotopic (exact) mass is 196 g/mol. The summed E-state index contributed by atoms with van der Waals surface area (Å²) in [6.07, 6.45) is 5.38. The molecular weight excluding hydrogens is 176 g/mol. The van der Waals surface area contributed by atoms with E-state index < -0.39 is 0 Å². The van der Waals surface area contributed by atoms with Crippen molar-refractivity contribution in [1.29, 1.82) is 0 Å². The quantitative estimate of drug-likeness (QED) is 0.781. The van der Waals surface area contributed by atoms with E-state index in [1.807, 2.05) is 0 Å². The first-order chi connectivity index (χ1) is 6.67. The van der Waals surface area contributed by atoms with Crippen molar-refractivity contribution < 1.29 is 4.74 Å². The summed E-state index contributed by atoms with van der Waals surface area (Å²) in [5.41, 5.74) is 7.13. The molecule has 1 rings (SSSR count). The maximum absolute atomic E-state index is 5.93. The van der Waals surface area contributed by atoms with E-state index in [-0.39, 0.29) is 12.1 Å². The smallest absolute Gasteiger partial charge is 0.0721 e. The Bertz CT molecular complexity index is 270. The molecule has 3 nitrogen and oxygen atoms in total. The Kier molecular flexibility index (Phi) is 4.17. The van der Waals surface area contributed by atoms with Gasteiger partial charge in [0.05, 0.1) is 6.10 Å². The van der Waals surface area contributed by atoms with Gasteiger partial charge >= 0.3 is 0 Å². The largest absolute Gasteiger partial charge is 0.380 e. The lowest BCUT2D eigenvalue weighted by atomic mass is 10.1. The second kappa shape index (κ2) is 5.17. The van der Waals surface area contributed by atoms with Gasteiger partial charge in [0.1, 0.15) is 0 Å². The summed E-state index contributed by atoms with van der Waals surface area (Å²) in [7, 11) is 1.73. The van der Waals surface area contributed by atoms with E-state index in [1.165, 1.54) is 5.56 Å². The van der Waals surface area contributed by atoms with E-state index in [2.05, 4.69) is 36.9 Å². The van der Waals surface area contributed by atoms with Crippen LogP contribution in [-0.2, 0) is 11.3 Å². The van der Waals surface area contributed by atoms with Crippen LogP contribution in [0.4, 0.5) is 0 Å². The van der Waals surface area contributed by atoms with Gasteiger partial charge in [-0.3, -0.25) is 0 Å². The van der Waals surface area contributed by atoms with Gasteiger partial charge in [0, 0.05) is 32.1 Å². The van der Waals surface area contributed by atoms with Crippen LogP contribution in [-0.4, -0.2) is 17.8 Å². The lowest BCUT2D eigenvalue weighted by molar-refractivity contribution is 0.103. The second-order valence-electron chi connectivity index (χ2n) is 3.70. The van der Waals surface area contributed by atoms with Crippen molar-refractivity contribution in [2.45, 2.75) is 39.0 Å². The van der Waals surface area contributed by atoms with Gasteiger partial charge in [-0.2, -0.15) is 0 Å². The highest BCUT2D eigenvalue weighted by molar-refractivity contribution is 5.14. The molecule has 0 radical (unpaired) electrons. The third-order valence-electron chi connectivity index (χ3n) is 2.51. The van der Waals surface area contributed by atoms with Gasteiger partial charge in [0.25, 0.3) is 0 Å². The number of hydrogen-bond donors (Lipinski definition) is 1. The first kappa shape index (κ1) is 11.3. The zero-order valence-electron chi connectivity index (χ0n) is 9.23. The molecule has 1 aromatic rings. The maximum atomic E-state index is 5.93. The van der Waals surface area contributed by atoms with Gasteiger partial charge < -0.3 is 15.0 Å². The molecule has 3 heteroatoms. The zero-order valence-corrected chi connectivity index (χ0v) is 9.23. The molecule has 0 amide bonds. The molecule has 0 aromatic carbocycles. The number of methoxy groups -OCH3 is 1. The van der Waals surface area contributed by atoms with Gasteiger partial charge in [-0.05, 0) is 25.0 Å². The van der Waals surface area contributed by atoms with Crippen molar-refractivity contribution in [2.75, 3.05) is 7.11 Å². The molecule has 0 spiro atoms. The molecule has 80 valence electrons. The predicted molar refractivity (Wildman–Crippen MR) is 58.1 cm³/mol. The normalized spacial score (nSPS) is 15.4. The van der Waals surface area contributed by atoms with Crippen LogP contribution < -0.4 is 5.73 Å². The highest BCUT2D eigenvalue weighted by Gasteiger charge is 2.06. The summed E-state index contributed by atoms with van der Waals surface area (Å²) in [6.45, 7) is 5.03. The van der Waals surface area contributed by atoms with Gasteiger partial charge in [0.2, 0.25) is 0 Å². The lowest BCUT2D eigenvalue weighted by Crippen LogP contribution is -2.13. The van der Waals surface area contributed by atoms with Crippen LogP contribution in [0.15, 0.2) is 18.5 Å². The Hall–Kier alpha value is -0.800. The molecule has 2 atom stereocenters. The van der Waals surface area contributed by atoms with Crippen molar-refractivity contribution in [3.63, 3.8) is 0 Å². The van der Waals surface area contributed by atoms with Crippen LogP contribution in [0, 0.1) is 0 Å². The molecule has 0 aliphatic carbocycles. The van der Waals surface area contributed by atoms with Crippen LogP contribution in [0.25, 0.3) is 0 Å². The van der Waals surface area contributed by atoms with Crippen LogP contribution >= 0.6 is 0 Å². The Balaban J connectivity index is 2.59. The Morgan fingerprint density at radius 3 is 2.86 bits per heavy atom. The summed E-state index contributed by atoms with van der Waals surface area (Å²) in [6, 6.07) is 2.24. The summed E-state index contributed by atoms with van der Waals surface area (Å²) < 4.78 is 7.32. The fourth-order valence-electron chi connectivity index (χ4n) is 1.40. The van der Waals surface area contributed by atoms with Crippen LogP contribution in [0.5, 0.6) is 0 Å². The number of nitrogens with two attached hydrogens (primary N) is 1. The predicted octanol–water partition coefficient (Wildman–Crippen LogP) is 1.93. The zero-order chi connectivity index (χ0) is 10.6. The third-order valence-corrected chi connectivity index (χ3v) is 2.51. The summed E-state index contributed by atoms with van der Waals surface area (Å²) >= 11 is 0. The number of aromatic nitrogens is 1. The molecule has 14 heavy (non-hydrogen) atoms. The SMILES string of the molecule is CCC(N)c1ccn(CC(C)OC)c1. The first-order valence-corrected chi connectivity index (χ1v) is 5.11. The molecule has 0 saturated carbocycles. The molecule has 0 aliphatic heterocycles. The molecule has 0 saturated heterocycles. The highest BCUT2D eigenvalue weighted by atomic mass is 16.5. The van der Waals surface area contributed by atoms with Crippen molar-refractivity contribution >= 4 is 0 Å². The first-order valence-electron chi connectivity index (χ1n) is 5.11. The van der Waals surface area contributed by atoms with Gasteiger partial charge in [-0.15, -0.1) is 0 Å². The molecule has 0 fully saturated rings. The highest BCUT2D eigenvalue weighted by Crippen LogP contribution is 2.14. The molecule has 0 bridgehead atoms. The van der Waals surface area contributed by atoms with Crippen molar-refractivity contribution in [1.82, 2.24) is 4.57 Å². The van der Waals surface area contributed by atoms with Gasteiger partial charge in [-0.1, -0.05) is 6.92 Å². The Morgan fingerprint density at radius 2 is 2.29 bits per heavy atom. The van der Waals surface area contributed by atoms with Crippen molar-refractivity contribution in [3.8, 4) is 0 Å². The number of rotatable bonds is 5. The fraction of sp³-hybridized carbons (Fsp3) is 0.636. The standard InChI is InChI=1S/C11H20N2O/c1-4-11(12)10-5-6-13(8-10)7-9(2)14-3/h5-6,8-9,11H,4,7,12H2,1-3H3. The molecular formula is C11H20N2O. The summed E-state index contributed by atoms with van der Waals surface area (Å²) in [5, 5.41) is 0. The van der Waals surface area contributed by atoms with Crippen LogP contribution in [0.3, 0.4) is 0 Å². The maximum Gasteiger partial charge on any atom is 0.0721 e. The van der Waals surface area contributed by atoms with Crippen molar-refractivity contribution in [2.24, 2.45) is 5.73 Å². The Morgan fingerprint density at radius 1 is 1.57 bits per heavy atom. The van der Waals surface area contributed by atoms with Crippen molar-refractivity contribution in [3.05, 3.63) is 24.0 Å². The number of nitrogens with zero attached hydrogens (tertiary/aromatic N) is 1. The summed E-state index contributed by atoms with van der Waals surface area (Å²) in [5.74, 6) is 0. The minimum absolute atomic E-state index is 0.161. The Labute approximate surface area is 85.9 Å². The number of hydrogen-bond acceptors (Lipinski definition) is 2. The van der Waals surface area contributed by atoms with Gasteiger partial charge in [-0.25, -0.2) is 0 Å². The van der Waals surface area contributed by atoms with E-state index in [4.69, 9.17) is 10.5 Å². The van der Waals surface area contributed by atoms with E-state index in [0.717, 1.165) is 13.0 Å². The molecule has 2 unspecified atom stereocenters. The number of ether oxygens (including phenoxy) is 1. The summed E-state index contributed by atoms with van der Waals surface area (Å²) in [4.78, 5) is 0. The molecule has 2 N–H and O–H groups in total. The average molecular weight is 196 g/mol. The minimum Gasteiger partial charge on any atom is -0.380 e. The fourth-order valence-corrected chi connectivity index (χ4v) is 1.40. The van der Waals surface area contributed by atoms with E-state index in [9.17, 15) is 0 Å².